The number of methoxy groups -OCH3 is 2. The fraction of sp³-hybridized carbons (Fsp3) is 0.410. The first-order valence-electron chi connectivity index (χ1n) is 16.9. The molecule has 2 atom stereocenters. The molecule has 2 amide bonds. The van der Waals surface area contributed by atoms with Crippen LogP contribution in [0, 0.1) is 12.8 Å². The Hall–Kier alpha value is -4.63. The number of ether oxygens (including phenoxy) is 2. The Labute approximate surface area is 283 Å². The molecule has 2 unspecified atom stereocenters. The Bertz CT molecular complexity index is 1740. The van der Waals surface area contributed by atoms with E-state index in [1.807, 2.05) is 55.5 Å². The predicted molar refractivity (Wildman–Crippen MR) is 190 cm³/mol. The molecule has 9 heteroatoms. The topological polar surface area (TPSA) is 97.7 Å². The van der Waals surface area contributed by atoms with Crippen LogP contribution in [0.2, 0.25) is 0 Å². The Kier molecular flexibility index (Phi) is 9.60. The Balaban J connectivity index is 1.04. The van der Waals surface area contributed by atoms with Gasteiger partial charge in [-0.15, -0.1) is 0 Å². The van der Waals surface area contributed by atoms with Crippen LogP contribution >= 0.6 is 0 Å². The van der Waals surface area contributed by atoms with Gasteiger partial charge in [0.05, 0.1) is 37.7 Å². The van der Waals surface area contributed by atoms with E-state index in [-0.39, 0.29) is 17.2 Å². The molecule has 2 saturated heterocycles. The summed E-state index contributed by atoms with van der Waals surface area (Å²) in [5, 5.41) is 10.8. The number of aryl methyl sites for hydroxylation is 1. The molecule has 0 spiro atoms. The molecule has 1 aromatic heterocycles. The lowest BCUT2D eigenvalue weighted by molar-refractivity contribution is 0.0742. The van der Waals surface area contributed by atoms with E-state index in [0.717, 1.165) is 54.7 Å². The third-order valence-electron chi connectivity index (χ3n) is 9.75. The van der Waals surface area contributed by atoms with Gasteiger partial charge in [-0.3, -0.25) is 15.0 Å². The summed E-state index contributed by atoms with van der Waals surface area (Å²) in [6, 6.07) is 24.1. The van der Waals surface area contributed by atoms with Crippen LogP contribution < -0.4 is 20.1 Å². The maximum Gasteiger partial charge on any atom is 0.324 e. The lowest BCUT2D eigenvalue weighted by atomic mass is 9.85. The molecular formula is C39H47N5O4. The van der Waals surface area contributed by atoms with Gasteiger partial charge in [0.25, 0.3) is 0 Å². The van der Waals surface area contributed by atoms with E-state index in [9.17, 15) is 9.59 Å². The number of carbonyl (C=O) groups excluding carboxylic acids is 2. The normalized spacial score (nSPS) is 19.2. The first kappa shape index (κ1) is 33.3. The van der Waals surface area contributed by atoms with Crippen molar-refractivity contribution in [2.24, 2.45) is 5.92 Å². The molecule has 252 valence electrons. The van der Waals surface area contributed by atoms with Crippen LogP contribution in [-0.2, 0) is 11.8 Å². The number of nitrogens with zero attached hydrogens (tertiary/aromatic N) is 3. The number of rotatable bonds is 10. The van der Waals surface area contributed by atoms with Crippen molar-refractivity contribution in [3.05, 3.63) is 95.2 Å². The van der Waals surface area contributed by atoms with Gasteiger partial charge in [0, 0.05) is 35.3 Å². The van der Waals surface area contributed by atoms with Crippen LogP contribution in [0.4, 0.5) is 16.3 Å². The fourth-order valence-corrected chi connectivity index (χ4v) is 7.15. The summed E-state index contributed by atoms with van der Waals surface area (Å²) in [7, 11) is 3.19. The lowest BCUT2D eigenvalue weighted by Crippen LogP contribution is -2.45. The molecule has 2 bridgehead atoms. The highest BCUT2D eigenvalue weighted by molar-refractivity contribution is 6.00. The van der Waals surface area contributed by atoms with Gasteiger partial charge in [-0.25, -0.2) is 9.48 Å². The number of Topliss-reactive ketones (excluding diaryl/α,β-unsaturated/α-hetero) is 1. The molecule has 4 aromatic rings. The molecule has 0 radical (unpaired) electrons. The molecule has 9 nitrogen and oxygen atoms in total. The van der Waals surface area contributed by atoms with Gasteiger partial charge in [0.15, 0.2) is 5.78 Å². The summed E-state index contributed by atoms with van der Waals surface area (Å²) in [6.07, 6.45) is 5.41. The standard InChI is InChI=1S/C39H47N5O4/c1-25-7-13-29(14-8-25)44-37(23-36(42-44)39(2,3)4)41-38(46)40-28-11-9-26(10-12-28)19-27-20-30-15-16-31(21-27)43(30)24-34(45)33-18-17-32(47-5)22-35(33)48-6/h7-14,17-18,22-23,27,30-31H,15-16,19-21,24H2,1-6H3,(H2,40,41,46). The average molecular weight is 650 g/mol. The number of aromatic nitrogens is 2. The third kappa shape index (κ3) is 7.41. The van der Waals surface area contributed by atoms with E-state index in [1.54, 1.807) is 31.0 Å². The molecule has 6 rings (SSSR count). The SMILES string of the molecule is COc1ccc(C(=O)CN2C3CCC2CC(Cc2ccc(NC(=O)Nc4cc(C(C)(C)C)nn4-c4ccc(C)cc4)cc2)C3)c(OC)c1. The van der Waals surface area contributed by atoms with Crippen molar-refractivity contribution in [1.82, 2.24) is 14.7 Å². The molecule has 48 heavy (non-hydrogen) atoms. The minimum atomic E-state index is -0.317. The molecule has 3 aromatic carbocycles. The molecule has 3 heterocycles. The number of ketones is 1. The first-order chi connectivity index (χ1) is 23.0. The van der Waals surface area contributed by atoms with Crippen LogP contribution in [0.15, 0.2) is 72.8 Å². The quantitative estimate of drug-likeness (QED) is 0.170. The minimum Gasteiger partial charge on any atom is -0.497 e. The molecule has 2 fully saturated rings. The molecular weight excluding hydrogens is 602 g/mol. The number of amides is 2. The molecule has 0 aliphatic carbocycles. The maximum atomic E-state index is 13.3. The maximum absolute atomic E-state index is 13.3. The van der Waals surface area contributed by atoms with Gasteiger partial charge in [-0.1, -0.05) is 50.6 Å². The summed E-state index contributed by atoms with van der Waals surface area (Å²) >= 11 is 0. The highest BCUT2D eigenvalue weighted by Gasteiger charge is 2.41. The number of carbonyl (C=O) groups is 2. The van der Waals surface area contributed by atoms with E-state index in [4.69, 9.17) is 14.6 Å². The zero-order valence-electron chi connectivity index (χ0n) is 28.9. The van der Waals surface area contributed by atoms with Gasteiger partial charge >= 0.3 is 6.03 Å². The van der Waals surface area contributed by atoms with Crippen molar-refractivity contribution in [3.8, 4) is 17.2 Å². The second-order valence-electron chi connectivity index (χ2n) is 14.3. The second-order valence-corrected chi connectivity index (χ2v) is 14.3. The minimum absolute atomic E-state index is 0.0891. The molecule has 2 N–H and O–H groups in total. The third-order valence-corrected chi connectivity index (χ3v) is 9.75. The summed E-state index contributed by atoms with van der Waals surface area (Å²) in [6.45, 7) is 8.78. The van der Waals surface area contributed by atoms with Gasteiger partial charge in [-0.2, -0.15) is 5.10 Å². The van der Waals surface area contributed by atoms with Crippen LogP contribution in [0.25, 0.3) is 5.69 Å². The van der Waals surface area contributed by atoms with Crippen molar-refractivity contribution in [1.29, 1.82) is 0 Å². The number of hydrogen-bond acceptors (Lipinski definition) is 6. The van der Waals surface area contributed by atoms with Crippen molar-refractivity contribution in [2.75, 3.05) is 31.4 Å². The number of nitrogens with one attached hydrogen (secondary N) is 2. The van der Waals surface area contributed by atoms with Crippen LogP contribution in [0.1, 0.15) is 73.6 Å². The largest absolute Gasteiger partial charge is 0.497 e. The Morgan fingerprint density at radius 2 is 1.56 bits per heavy atom. The van der Waals surface area contributed by atoms with Crippen molar-refractivity contribution >= 4 is 23.3 Å². The summed E-state index contributed by atoms with van der Waals surface area (Å²) in [5.41, 5.74) is 5.37. The number of fused-ring (bicyclic) bond motifs is 2. The number of benzene rings is 3. The summed E-state index contributed by atoms with van der Waals surface area (Å²) in [4.78, 5) is 28.9. The lowest BCUT2D eigenvalue weighted by Gasteiger charge is -2.38. The van der Waals surface area contributed by atoms with Gasteiger partial charge in [0.2, 0.25) is 0 Å². The first-order valence-corrected chi connectivity index (χ1v) is 16.9. The van der Waals surface area contributed by atoms with Crippen molar-refractivity contribution in [2.45, 2.75) is 77.3 Å². The predicted octanol–water partition coefficient (Wildman–Crippen LogP) is 7.81. The summed E-state index contributed by atoms with van der Waals surface area (Å²) in [5.74, 6) is 2.49. The number of hydrogen-bond donors (Lipinski definition) is 2. The number of piperidine rings is 1. The Morgan fingerprint density at radius 3 is 2.19 bits per heavy atom. The van der Waals surface area contributed by atoms with Gasteiger partial charge in [0.1, 0.15) is 17.3 Å². The van der Waals surface area contributed by atoms with E-state index in [0.29, 0.717) is 47.4 Å². The van der Waals surface area contributed by atoms with E-state index >= 15 is 0 Å². The monoisotopic (exact) mass is 649 g/mol. The average Bonchev–Trinajstić information content (AvgIpc) is 3.58. The zero-order chi connectivity index (χ0) is 34.0. The zero-order valence-corrected chi connectivity index (χ0v) is 28.9. The summed E-state index contributed by atoms with van der Waals surface area (Å²) < 4.78 is 12.6. The fourth-order valence-electron chi connectivity index (χ4n) is 7.15. The van der Waals surface area contributed by atoms with Gasteiger partial charge in [-0.05, 0) is 86.9 Å². The molecule has 2 aliphatic rings. The van der Waals surface area contributed by atoms with E-state index in [2.05, 4.69) is 48.4 Å². The second kappa shape index (κ2) is 13.8. The Morgan fingerprint density at radius 1 is 0.875 bits per heavy atom. The van der Waals surface area contributed by atoms with Crippen LogP contribution in [-0.4, -0.2) is 59.3 Å². The van der Waals surface area contributed by atoms with E-state index in [1.165, 1.54) is 5.56 Å². The van der Waals surface area contributed by atoms with Crippen molar-refractivity contribution in [3.63, 3.8) is 0 Å². The number of urea groups is 1. The highest BCUT2D eigenvalue weighted by atomic mass is 16.5. The number of anilines is 2. The van der Waals surface area contributed by atoms with Crippen LogP contribution in [0.5, 0.6) is 11.5 Å². The van der Waals surface area contributed by atoms with E-state index < -0.39 is 0 Å². The smallest absolute Gasteiger partial charge is 0.324 e. The van der Waals surface area contributed by atoms with Gasteiger partial charge < -0.3 is 14.8 Å². The van der Waals surface area contributed by atoms with Crippen molar-refractivity contribution < 1.29 is 19.1 Å². The highest BCUT2D eigenvalue weighted by Crippen LogP contribution is 2.40. The molecule has 0 saturated carbocycles. The molecule has 2 aliphatic heterocycles. The van der Waals surface area contributed by atoms with Crippen LogP contribution in [0.3, 0.4) is 0 Å².